The lowest BCUT2D eigenvalue weighted by Crippen LogP contribution is -2.23. The Morgan fingerprint density at radius 1 is 1.47 bits per heavy atom. The number of rotatable bonds is 4. The standard InChI is InChI=1S/C14H16N2OS2/c1-15-13-11-8-10(17-2)4-3-9(11)7-12(13)19-14-16-5-6-18-14/h3-6,8,12-13,15H,7H2,1-2H3. The summed E-state index contributed by atoms with van der Waals surface area (Å²) in [5.74, 6) is 0.930. The third-order valence-electron chi connectivity index (χ3n) is 3.45. The summed E-state index contributed by atoms with van der Waals surface area (Å²) in [7, 11) is 3.74. The fraction of sp³-hybridized carbons (Fsp3) is 0.357. The SMILES string of the molecule is CNC1c2cc(OC)ccc2CC1Sc1nccs1. The monoisotopic (exact) mass is 292 g/mol. The number of ether oxygens (including phenoxy) is 1. The Balaban J connectivity index is 1.86. The molecular weight excluding hydrogens is 276 g/mol. The lowest BCUT2D eigenvalue weighted by Gasteiger charge is -2.18. The minimum absolute atomic E-state index is 0.360. The Morgan fingerprint density at radius 2 is 2.37 bits per heavy atom. The van der Waals surface area contributed by atoms with Gasteiger partial charge < -0.3 is 10.1 Å². The van der Waals surface area contributed by atoms with Gasteiger partial charge >= 0.3 is 0 Å². The van der Waals surface area contributed by atoms with E-state index in [1.54, 1.807) is 18.4 Å². The van der Waals surface area contributed by atoms with Crippen molar-refractivity contribution in [3.05, 3.63) is 40.9 Å². The van der Waals surface area contributed by atoms with E-state index in [0.717, 1.165) is 16.5 Å². The largest absolute Gasteiger partial charge is 0.497 e. The van der Waals surface area contributed by atoms with Crippen molar-refractivity contribution in [1.82, 2.24) is 10.3 Å². The number of benzene rings is 1. The van der Waals surface area contributed by atoms with Crippen molar-refractivity contribution in [2.24, 2.45) is 0 Å². The fourth-order valence-electron chi connectivity index (χ4n) is 2.56. The van der Waals surface area contributed by atoms with Crippen LogP contribution in [-0.4, -0.2) is 24.4 Å². The van der Waals surface area contributed by atoms with Crippen LogP contribution in [0.2, 0.25) is 0 Å². The second-order valence-corrected chi connectivity index (χ2v) is 6.87. The first-order chi connectivity index (χ1) is 9.31. The quantitative estimate of drug-likeness (QED) is 0.939. The summed E-state index contributed by atoms with van der Waals surface area (Å²) < 4.78 is 6.47. The zero-order valence-electron chi connectivity index (χ0n) is 10.9. The highest BCUT2D eigenvalue weighted by molar-refractivity contribution is 8.01. The van der Waals surface area contributed by atoms with Crippen LogP contribution in [0.5, 0.6) is 5.75 Å². The first kappa shape index (κ1) is 13.0. The second-order valence-electron chi connectivity index (χ2n) is 4.49. The van der Waals surface area contributed by atoms with Gasteiger partial charge in [0.05, 0.1) is 7.11 Å². The van der Waals surface area contributed by atoms with Crippen LogP contribution in [0.4, 0.5) is 0 Å². The van der Waals surface area contributed by atoms with E-state index in [-0.39, 0.29) is 0 Å². The molecule has 19 heavy (non-hydrogen) atoms. The molecule has 1 aliphatic rings. The Morgan fingerprint density at radius 3 is 3.05 bits per heavy atom. The van der Waals surface area contributed by atoms with Gasteiger partial charge in [-0.25, -0.2) is 4.98 Å². The minimum Gasteiger partial charge on any atom is -0.497 e. The Bertz CT molecular complexity index is 557. The van der Waals surface area contributed by atoms with Crippen LogP contribution in [0.15, 0.2) is 34.1 Å². The van der Waals surface area contributed by atoms with E-state index >= 15 is 0 Å². The molecule has 1 aromatic heterocycles. The van der Waals surface area contributed by atoms with Gasteiger partial charge in [0.1, 0.15) is 10.1 Å². The summed E-state index contributed by atoms with van der Waals surface area (Å²) in [6.45, 7) is 0. The third kappa shape index (κ3) is 2.50. The molecule has 0 bridgehead atoms. The van der Waals surface area contributed by atoms with Gasteiger partial charge in [0.25, 0.3) is 0 Å². The molecule has 0 radical (unpaired) electrons. The molecule has 2 atom stereocenters. The molecule has 1 heterocycles. The van der Waals surface area contributed by atoms with Crippen LogP contribution in [0, 0.1) is 0 Å². The molecule has 0 saturated heterocycles. The summed E-state index contributed by atoms with van der Waals surface area (Å²) >= 11 is 3.57. The van der Waals surface area contributed by atoms with E-state index in [0.29, 0.717) is 11.3 Å². The van der Waals surface area contributed by atoms with Gasteiger partial charge in [-0.3, -0.25) is 0 Å². The van der Waals surface area contributed by atoms with Gasteiger partial charge in [0.2, 0.25) is 0 Å². The van der Waals surface area contributed by atoms with Gasteiger partial charge in [-0.05, 0) is 36.7 Å². The van der Waals surface area contributed by atoms with Crippen LogP contribution >= 0.6 is 23.1 Å². The maximum absolute atomic E-state index is 5.33. The third-order valence-corrected chi connectivity index (χ3v) is 5.64. The first-order valence-electron chi connectivity index (χ1n) is 6.22. The van der Waals surface area contributed by atoms with E-state index in [2.05, 4.69) is 22.4 Å². The zero-order chi connectivity index (χ0) is 13.2. The normalized spacial score (nSPS) is 21.4. The summed E-state index contributed by atoms with van der Waals surface area (Å²) in [4.78, 5) is 4.37. The molecular formula is C14H16N2OS2. The molecule has 1 N–H and O–H groups in total. The molecule has 3 nitrogen and oxygen atoms in total. The lowest BCUT2D eigenvalue weighted by molar-refractivity contribution is 0.413. The van der Waals surface area contributed by atoms with Crippen molar-refractivity contribution in [2.75, 3.05) is 14.2 Å². The number of thiazole rings is 1. The van der Waals surface area contributed by atoms with Crippen LogP contribution in [0.1, 0.15) is 17.2 Å². The lowest BCUT2D eigenvalue weighted by atomic mass is 10.1. The number of fused-ring (bicyclic) bond motifs is 1. The molecule has 0 fully saturated rings. The Labute approximate surface area is 121 Å². The molecule has 2 aromatic rings. The molecule has 2 unspecified atom stereocenters. The van der Waals surface area contributed by atoms with Crippen LogP contribution < -0.4 is 10.1 Å². The molecule has 0 saturated carbocycles. The van der Waals surface area contributed by atoms with E-state index in [4.69, 9.17) is 4.74 Å². The number of hydrogen-bond acceptors (Lipinski definition) is 5. The van der Waals surface area contributed by atoms with Crippen LogP contribution in [-0.2, 0) is 6.42 Å². The fourth-order valence-corrected chi connectivity index (χ4v) is 4.74. The summed E-state index contributed by atoms with van der Waals surface area (Å²) in [6, 6.07) is 6.74. The smallest absolute Gasteiger partial charge is 0.150 e. The number of nitrogens with one attached hydrogen (secondary N) is 1. The first-order valence-corrected chi connectivity index (χ1v) is 7.98. The van der Waals surface area contributed by atoms with E-state index in [9.17, 15) is 0 Å². The number of methoxy groups -OCH3 is 1. The second kappa shape index (κ2) is 5.53. The molecule has 3 rings (SSSR count). The van der Waals surface area contributed by atoms with Crippen LogP contribution in [0.25, 0.3) is 0 Å². The molecule has 0 aliphatic heterocycles. The van der Waals surface area contributed by atoms with Gasteiger partial charge in [-0.2, -0.15) is 0 Å². The van der Waals surface area contributed by atoms with Crippen molar-refractivity contribution in [3.8, 4) is 5.75 Å². The maximum atomic E-state index is 5.33. The highest BCUT2D eigenvalue weighted by Gasteiger charge is 2.32. The van der Waals surface area contributed by atoms with Crippen LogP contribution in [0.3, 0.4) is 0 Å². The van der Waals surface area contributed by atoms with E-state index in [1.807, 2.05) is 36.5 Å². The average Bonchev–Trinajstić information content (AvgIpc) is 3.05. The molecule has 0 amide bonds. The van der Waals surface area contributed by atoms with E-state index < -0.39 is 0 Å². The molecule has 1 aromatic carbocycles. The van der Waals surface area contributed by atoms with Crippen molar-refractivity contribution >= 4 is 23.1 Å². The van der Waals surface area contributed by atoms with Crippen molar-refractivity contribution in [2.45, 2.75) is 22.1 Å². The highest BCUT2D eigenvalue weighted by atomic mass is 32.2. The predicted octanol–water partition coefficient (Wildman–Crippen LogP) is 3.13. The minimum atomic E-state index is 0.360. The summed E-state index contributed by atoms with van der Waals surface area (Å²) in [5.41, 5.74) is 2.77. The number of hydrogen-bond donors (Lipinski definition) is 1. The van der Waals surface area contributed by atoms with E-state index in [1.165, 1.54) is 11.1 Å². The average molecular weight is 292 g/mol. The molecule has 1 aliphatic carbocycles. The van der Waals surface area contributed by atoms with Gasteiger partial charge in [0, 0.05) is 22.9 Å². The maximum Gasteiger partial charge on any atom is 0.150 e. The zero-order valence-corrected chi connectivity index (χ0v) is 12.6. The molecule has 0 spiro atoms. The predicted molar refractivity (Wildman–Crippen MR) is 80.3 cm³/mol. The number of aromatic nitrogens is 1. The van der Waals surface area contributed by atoms with Crippen molar-refractivity contribution in [3.63, 3.8) is 0 Å². The molecule has 100 valence electrons. The van der Waals surface area contributed by atoms with Gasteiger partial charge in [-0.1, -0.05) is 17.8 Å². The van der Waals surface area contributed by atoms with Gasteiger partial charge in [0.15, 0.2) is 0 Å². The highest BCUT2D eigenvalue weighted by Crippen LogP contribution is 2.42. The summed E-state index contributed by atoms with van der Waals surface area (Å²) in [6.07, 6.45) is 2.95. The topological polar surface area (TPSA) is 34.1 Å². The molecule has 5 heteroatoms. The number of nitrogens with zero attached hydrogens (tertiary/aromatic N) is 1. The summed E-state index contributed by atoms with van der Waals surface area (Å²) in [5, 5.41) is 5.96. The van der Waals surface area contributed by atoms with Crippen molar-refractivity contribution in [1.29, 1.82) is 0 Å². The van der Waals surface area contributed by atoms with Crippen molar-refractivity contribution < 1.29 is 4.74 Å². The Hall–Kier alpha value is -1.04. The number of thioether (sulfide) groups is 1. The van der Waals surface area contributed by atoms with Gasteiger partial charge in [-0.15, -0.1) is 11.3 Å². The Kier molecular flexibility index (Phi) is 3.77.